The van der Waals surface area contributed by atoms with E-state index in [4.69, 9.17) is 0 Å². The molecule has 0 aliphatic heterocycles. The second-order valence-electron chi connectivity index (χ2n) is 4.63. The van der Waals surface area contributed by atoms with Crippen LogP contribution in [0.3, 0.4) is 0 Å². The number of halogens is 2. The Kier molecular flexibility index (Phi) is 6.49. The molecule has 0 heterocycles. The topological polar surface area (TPSA) is 20.3 Å². The van der Waals surface area contributed by atoms with E-state index in [0.717, 1.165) is 19.4 Å². The van der Waals surface area contributed by atoms with Crippen molar-refractivity contribution in [2.24, 2.45) is 5.92 Å². The number of hydrogen-bond donors (Lipinski definition) is 0. The highest BCUT2D eigenvalue weighted by Crippen LogP contribution is 2.22. The largest absolute Gasteiger partial charge is 0.339 e. The molecular weight excluding hydrogens is 309 g/mol. The number of carbonyl (C=O) groups is 1. The summed E-state index contributed by atoms with van der Waals surface area (Å²) in [5.41, 5.74) is 0.396. The average Bonchev–Trinajstić information content (AvgIpc) is 2.43. The molecule has 19 heavy (non-hydrogen) atoms. The Balaban J connectivity index is 2.92. The van der Waals surface area contributed by atoms with Crippen molar-refractivity contribution < 1.29 is 9.18 Å². The molecule has 2 nitrogen and oxygen atoms in total. The molecule has 106 valence electrons. The standard InChI is InChI=1S/C15H21BrFNO/c1-4-11(5-2)10-18(6-3)15(19)12-8-7-9-13(17)14(12)16/h7-9,11H,4-6,10H2,1-3H3. The van der Waals surface area contributed by atoms with Gasteiger partial charge in [-0.15, -0.1) is 0 Å². The molecule has 0 bridgehead atoms. The van der Waals surface area contributed by atoms with Gasteiger partial charge < -0.3 is 4.90 Å². The third kappa shape index (κ3) is 4.03. The van der Waals surface area contributed by atoms with Crippen LogP contribution in [-0.4, -0.2) is 23.9 Å². The molecule has 0 unspecified atom stereocenters. The quantitative estimate of drug-likeness (QED) is 0.753. The van der Waals surface area contributed by atoms with Crippen LogP contribution < -0.4 is 0 Å². The molecule has 1 amide bonds. The molecule has 1 aromatic carbocycles. The molecule has 0 saturated heterocycles. The zero-order valence-corrected chi connectivity index (χ0v) is 13.3. The molecular formula is C15H21BrFNO. The van der Waals surface area contributed by atoms with Gasteiger partial charge in [-0.2, -0.15) is 0 Å². The van der Waals surface area contributed by atoms with Gasteiger partial charge in [0.2, 0.25) is 0 Å². The summed E-state index contributed by atoms with van der Waals surface area (Å²) < 4.78 is 13.7. The summed E-state index contributed by atoms with van der Waals surface area (Å²) in [6, 6.07) is 4.57. The van der Waals surface area contributed by atoms with E-state index in [1.54, 1.807) is 17.0 Å². The zero-order valence-electron chi connectivity index (χ0n) is 11.7. The van der Waals surface area contributed by atoms with Gasteiger partial charge in [0, 0.05) is 13.1 Å². The Morgan fingerprint density at radius 2 is 1.95 bits per heavy atom. The van der Waals surface area contributed by atoms with E-state index in [2.05, 4.69) is 29.8 Å². The molecule has 0 aliphatic carbocycles. The Morgan fingerprint density at radius 1 is 1.32 bits per heavy atom. The van der Waals surface area contributed by atoms with Crippen LogP contribution in [0.1, 0.15) is 44.0 Å². The summed E-state index contributed by atoms with van der Waals surface area (Å²) >= 11 is 3.16. The minimum Gasteiger partial charge on any atom is -0.339 e. The molecule has 0 spiro atoms. The van der Waals surface area contributed by atoms with Gasteiger partial charge in [-0.25, -0.2) is 4.39 Å². The highest BCUT2D eigenvalue weighted by Gasteiger charge is 2.20. The third-order valence-electron chi connectivity index (χ3n) is 3.48. The molecule has 0 atom stereocenters. The summed E-state index contributed by atoms with van der Waals surface area (Å²) in [6.07, 6.45) is 2.09. The predicted molar refractivity (Wildman–Crippen MR) is 79.7 cm³/mol. The summed E-state index contributed by atoms with van der Waals surface area (Å²) in [4.78, 5) is 14.2. The van der Waals surface area contributed by atoms with Crippen molar-refractivity contribution in [3.63, 3.8) is 0 Å². The smallest absolute Gasteiger partial charge is 0.255 e. The van der Waals surface area contributed by atoms with Gasteiger partial charge in [0.25, 0.3) is 5.91 Å². The van der Waals surface area contributed by atoms with Crippen molar-refractivity contribution >= 4 is 21.8 Å². The average molecular weight is 330 g/mol. The maximum Gasteiger partial charge on any atom is 0.255 e. The van der Waals surface area contributed by atoms with Crippen LogP contribution in [0.4, 0.5) is 4.39 Å². The van der Waals surface area contributed by atoms with Gasteiger partial charge in [0.15, 0.2) is 0 Å². The number of nitrogens with zero attached hydrogens (tertiary/aromatic N) is 1. The van der Waals surface area contributed by atoms with Crippen molar-refractivity contribution in [2.45, 2.75) is 33.6 Å². The van der Waals surface area contributed by atoms with Crippen molar-refractivity contribution in [1.29, 1.82) is 0 Å². The van der Waals surface area contributed by atoms with Crippen LogP contribution in [0, 0.1) is 11.7 Å². The second-order valence-corrected chi connectivity index (χ2v) is 5.42. The Labute approximate surface area is 123 Å². The minimum atomic E-state index is -0.399. The number of hydrogen-bond acceptors (Lipinski definition) is 1. The van der Waals surface area contributed by atoms with Gasteiger partial charge in [-0.3, -0.25) is 4.79 Å². The maximum absolute atomic E-state index is 13.5. The number of amides is 1. The Hall–Kier alpha value is -0.900. The Morgan fingerprint density at radius 3 is 2.47 bits per heavy atom. The van der Waals surface area contributed by atoms with Crippen LogP contribution in [-0.2, 0) is 0 Å². The van der Waals surface area contributed by atoms with Gasteiger partial charge in [0.05, 0.1) is 10.0 Å². The first-order valence-corrected chi connectivity index (χ1v) is 7.57. The fourth-order valence-electron chi connectivity index (χ4n) is 2.05. The number of carbonyl (C=O) groups excluding carboxylic acids is 1. The third-order valence-corrected chi connectivity index (χ3v) is 4.29. The van der Waals surface area contributed by atoms with E-state index in [9.17, 15) is 9.18 Å². The SMILES string of the molecule is CCC(CC)CN(CC)C(=O)c1cccc(F)c1Br. The van der Waals surface area contributed by atoms with Crippen LogP contribution in [0.25, 0.3) is 0 Å². The highest BCUT2D eigenvalue weighted by atomic mass is 79.9. The molecule has 0 fully saturated rings. The highest BCUT2D eigenvalue weighted by molar-refractivity contribution is 9.10. The van der Waals surface area contributed by atoms with E-state index in [1.165, 1.54) is 6.07 Å². The van der Waals surface area contributed by atoms with E-state index in [-0.39, 0.29) is 10.4 Å². The van der Waals surface area contributed by atoms with Gasteiger partial charge in [-0.05, 0) is 40.9 Å². The first-order chi connectivity index (χ1) is 9.04. The lowest BCUT2D eigenvalue weighted by Crippen LogP contribution is -2.35. The van der Waals surface area contributed by atoms with Gasteiger partial charge >= 0.3 is 0 Å². The summed E-state index contributed by atoms with van der Waals surface area (Å²) in [5, 5.41) is 0. The lowest BCUT2D eigenvalue weighted by Gasteiger charge is -2.26. The lowest BCUT2D eigenvalue weighted by atomic mass is 10.0. The van der Waals surface area contributed by atoms with Crippen LogP contribution in [0.15, 0.2) is 22.7 Å². The number of benzene rings is 1. The monoisotopic (exact) mass is 329 g/mol. The maximum atomic E-state index is 13.5. The minimum absolute atomic E-state index is 0.110. The van der Waals surface area contributed by atoms with Crippen molar-refractivity contribution in [1.82, 2.24) is 4.90 Å². The van der Waals surface area contributed by atoms with Crippen molar-refractivity contribution in [3.8, 4) is 0 Å². The molecule has 4 heteroatoms. The first kappa shape index (κ1) is 16.2. The molecule has 1 aromatic rings. The van der Waals surface area contributed by atoms with Crippen LogP contribution in [0.2, 0.25) is 0 Å². The fraction of sp³-hybridized carbons (Fsp3) is 0.533. The van der Waals surface area contributed by atoms with E-state index in [1.807, 2.05) is 6.92 Å². The van der Waals surface area contributed by atoms with Crippen LogP contribution >= 0.6 is 15.9 Å². The summed E-state index contributed by atoms with van der Waals surface area (Å²) in [6.45, 7) is 7.58. The molecule has 0 aliphatic rings. The molecule has 0 radical (unpaired) electrons. The molecule has 0 saturated carbocycles. The normalized spacial score (nSPS) is 10.8. The first-order valence-electron chi connectivity index (χ1n) is 6.78. The van der Waals surface area contributed by atoms with E-state index >= 15 is 0 Å². The summed E-state index contributed by atoms with van der Waals surface area (Å²) in [7, 11) is 0. The fourth-order valence-corrected chi connectivity index (χ4v) is 2.49. The second kappa shape index (κ2) is 7.63. The number of rotatable bonds is 6. The predicted octanol–water partition coefficient (Wildman–Crippen LogP) is 4.49. The molecule has 1 rings (SSSR count). The zero-order chi connectivity index (χ0) is 14.4. The van der Waals surface area contributed by atoms with Gasteiger partial charge in [-0.1, -0.05) is 32.8 Å². The van der Waals surface area contributed by atoms with Crippen molar-refractivity contribution in [3.05, 3.63) is 34.1 Å². The van der Waals surface area contributed by atoms with Crippen LogP contribution in [0.5, 0.6) is 0 Å². The van der Waals surface area contributed by atoms with Gasteiger partial charge in [0.1, 0.15) is 5.82 Å². The van der Waals surface area contributed by atoms with E-state index in [0.29, 0.717) is 18.0 Å². The summed E-state index contributed by atoms with van der Waals surface area (Å²) in [5.74, 6) is -0.0126. The van der Waals surface area contributed by atoms with Crippen molar-refractivity contribution in [2.75, 3.05) is 13.1 Å². The lowest BCUT2D eigenvalue weighted by molar-refractivity contribution is 0.0733. The Bertz CT molecular complexity index is 432. The molecule has 0 N–H and O–H groups in total. The molecule has 0 aromatic heterocycles. The van der Waals surface area contributed by atoms with E-state index < -0.39 is 5.82 Å².